The molecule has 2 saturated heterocycles. The summed E-state index contributed by atoms with van der Waals surface area (Å²) in [6.07, 6.45) is -2.60. The number of imidazole rings is 1. The second-order valence-electron chi connectivity index (χ2n) is 6.33. The summed E-state index contributed by atoms with van der Waals surface area (Å²) in [6, 6.07) is 0. The number of nitrogen functional groups attached to an aromatic ring is 1. The van der Waals surface area contributed by atoms with Crippen LogP contribution >= 0.6 is 0 Å². The van der Waals surface area contributed by atoms with Gasteiger partial charge in [-0.2, -0.15) is 4.98 Å². The van der Waals surface area contributed by atoms with E-state index in [4.69, 9.17) is 10.5 Å². The molecule has 0 amide bonds. The number of nitrogens with two attached hydrogens (primary N) is 1. The minimum Gasteiger partial charge on any atom is -0.394 e. The highest BCUT2D eigenvalue weighted by molar-refractivity contribution is 5.75. The third kappa shape index (κ3) is 2.47. The molecule has 0 aliphatic carbocycles. The topological polar surface area (TPSA) is 163 Å². The largest absolute Gasteiger partial charge is 0.394 e. The van der Waals surface area contributed by atoms with Gasteiger partial charge in [-0.1, -0.05) is 0 Å². The van der Waals surface area contributed by atoms with E-state index in [0.29, 0.717) is 5.95 Å². The summed E-state index contributed by atoms with van der Waals surface area (Å²) in [5, 5.41) is 29.8. The summed E-state index contributed by atoms with van der Waals surface area (Å²) < 4.78 is 7.10. The highest BCUT2D eigenvalue weighted by Gasteiger charge is 2.45. The van der Waals surface area contributed by atoms with E-state index >= 15 is 0 Å². The first-order chi connectivity index (χ1) is 12.0. The van der Waals surface area contributed by atoms with Crippen molar-refractivity contribution in [3.8, 4) is 0 Å². The van der Waals surface area contributed by atoms with Crippen molar-refractivity contribution in [2.24, 2.45) is 0 Å². The normalized spacial score (nSPS) is 29.8. The van der Waals surface area contributed by atoms with E-state index in [1.165, 1.54) is 4.57 Å². The zero-order valence-electron chi connectivity index (χ0n) is 13.4. The van der Waals surface area contributed by atoms with E-state index in [9.17, 15) is 20.1 Å². The van der Waals surface area contributed by atoms with Crippen molar-refractivity contribution in [1.29, 1.82) is 0 Å². The lowest BCUT2D eigenvalue weighted by Gasteiger charge is -2.23. The Hall–Kier alpha value is -2.21. The molecule has 136 valence electrons. The molecule has 0 bridgehead atoms. The van der Waals surface area contributed by atoms with Crippen molar-refractivity contribution in [2.45, 2.75) is 37.4 Å². The number of anilines is 2. The molecule has 2 aliphatic rings. The fraction of sp³-hybridized carbons (Fsp3) is 0.643. The minimum atomic E-state index is -1.31. The van der Waals surface area contributed by atoms with Gasteiger partial charge in [-0.15, -0.1) is 0 Å². The first-order valence-corrected chi connectivity index (χ1v) is 8.16. The van der Waals surface area contributed by atoms with Gasteiger partial charge >= 0.3 is 0 Å². The SMILES string of the molecule is Nc1nc2c(nc(N3CCCC3)n2[C@@H]2O[C@H](CO)[C@@H](O)[C@H]2O)c(=O)[nH]1. The Balaban J connectivity index is 1.91. The fourth-order valence-corrected chi connectivity index (χ4v) is 3.46. The number of H-pyrrole nitrogens is 1. The number of nitrogens with one attached hydrogen (secondary N) is 1. The van der Waals surface area contributed by atoms with E-state index in [2.05, 4.69) is 15.0 Å². The monoisotopic (exact) mass is 352 g/mol. The lowest BCUT2D eigenvalue weighted by atomic mass is 10.1. The molecule has 6 N–H and O–H groups in total. The Morgan fingerprint density at radius 1 is 1.24 bits per heavy atom. The maximum absolute atomic E-state index is 12.2. The number of aliphatic hydroxyl groups excluding tert-OH is 3. The van der Waals surface area contributed by atoms with Crippen LogP contribution in [0, 0.1) is 0 Å². The number of aromatic nitrogens is 4. The average molecular weight is 352 g/mol. The first kappa shape index (κ1) is 16.3. The summed E-state index contributed by atoms with van der Waals surface area (Å²) in [6.45, 7) is 1.04. The van der Waals surface area contributed by atoms with Gasteiger partial charge in [0.15, 0.2) is 17.4 Å². The number of nitrogens with zero attached hydrogens (tertiary/aromatic N) is 4. The highest BCUT2D eigenvalue weighted by atomic mass is 16.6. The average Bonchev–Trinajstić information content (AvgIpc) is 3.27. The highest BCUT2D eigenvalue weighted by Crippen LogP contribution is 2.35. The lowest BCUT2D eigenvalue weighted by Crippen LogP contribution is -2.34. The van der Waals surface area contributed by atoms with E-state index < -0.39 is 36.7 Å². The summed E-state index contributed by atoms with van der Waals surface area (Å²) in [7, 11) is 0. The van der Waals surface area contributed by atoms with Crippen molar-refractivity contribution in [3.05, 3.63) is 10.4 Å². The quantitative estimate of drug-likeness (QED) is 0.417. The van der Waals surface area contributed by atoms with Gasteiger partial charge in [-0.3, -0.25) is 14.3 Å². The van der Waals surface area contributed by atoms with E-state index in [0.717, 1.165) is 25.9 Å². The van der Waals surface area contributed by atoms with Gasteiger partial charge < -0.3 is 30.7 Å². The van der Waals surface area contributed by atoms with Gasteiger partial charge in [0.25, 0.3) is 5.56 Å². The van der Waals surface area contributed by atoms with Crippen LogP contribution in [-0.2, 0) is 4.74 Å². The molecule has 0 spiro atoms. The number of rotatable bonds is 3. The second-order valence-corrected chi connectivity index (χ2v) is 6.33. The fourth-order valence-electron chi connectivity index (χ4n) is 3.46. The second kappa shape index (κ2) is 5.95. The molecular formula is C14H20N6O5. The molecule has 11 heteroatoms. The molecule has 2 aromatic heterocycles. The van der Waals surface area contributed by atoms with Gasteiger partial charge in [0.1, 0.15) is 18.3 Å². The Bertz CT molecular complexity index is 844. The van der Waals surface area contributed by atoms with Crippen LogP contribution in [0.25, 0.3) is 11.2 Å². The molecular weight excluding hydrogens is 332 g/mol. The van der Waals surface area contributed by atoms with Crippen LogP contribution in [0.2, 0.25) is 0 Å². The zero-order chi connectivity index (χ0) is 17.7. The van der Waals surface area contributed by atoms with E-state index in [1.807, 2.05) is 4.90 Å². The van der Waals surface area contributed by atoms with Gasteiger partial charge in [0.2, 0.25) is 11.9 Å². The van der Waals surface area contributed by atoms with Crippen LogP contribution in [0.5, 0.6) is 0 Å². The van der Waals surface area contributed by atoms with Crippen LogP contribution in [0.1, 0.15) is 19.1 Å². The van der Waals surface area contributed by atoms with Gasteiger partial charge in [0, 0.05) is 13.1 Å². The number of fused-ring (bicyclic) bond motifs is 1. The summed E-state index contributed by atoms with van der Waals surface area (Å²) in [4.78, 5) is 25.1. The minimum absolute atomic E-state index is 0.0776. The third-order valence-electron chi connectivity index (χ3n) is 4.71. The van der Waals surface area contributed by atoms with Crippen molar-refractivity contribution >= 4 is 23.1 Å². The first-order valence-electron chi connectivity index (χ1n) is 8.16. The molecule has 25 heavy (non-hydrogen) atoms. The standard InChI is InChI=1S/C14H20N6O5/c15-13-17-10-7(11(24)18-13)16-14(19-3-1-2-4-19)20(10)12-9(23)8(22)6(5-21)25-12/h6,8-9,12,21-23H,1-5H2,(H3,15,17,18,24)/t6-,8-,9-,12-/m1/s1. The van der Waals surface area contributed by atoms with Crippen molar-refractivity contribution in [2.75, 3.05) is 30.3 Å². The van der Waals surface area contributed by atoms with Gasteiger partial charge in [-0.05, 0) is 12.8 Å². The molecule has 4 rings (SSSR count). The van der Waals surface area contributed by atoms with Crippen molar-refractivity contribution in [1.82, 2.24) is 19.5 Å². The molecule has 4 atom stereocenters. The number of ether oxygens (including phenoxy) is 1. The predicted octanol–water partition coefficient (Wildman–Crippen LogP) is -2.09. The van der Waals surface area contributed by atoms with Crippen molar-refractivity contribution < 1.29 is 20.1 Å². The Morgan fingerprint density at radius 3 is 2.60 bits per heavy atom. The zero-order valence-corrected chi connectivity index (χ0v) is 13.4. The number of aromatic amines is 1. The molecule has 2 aliphatic heterocycles. The van der Waals surface area contributed by atoms with Crippen LogP contribution < -0.4 is 16.2 Å². The Morgan fingerprint density at radius 2 is 1.96 bits per heavy atom. The molecule has 0 radical (unpaired) electrons. The molecule has 0 saturated carbocycles. The molecule has 2 aromatic rings. The van der Waals surface area contributed by atoms with Crippen LogP contribution in [0.4, 0.5) is 11.9 Å². The van der Waals surface area contributed by atoms with Crippen molar-refractivity contribution in [3.63, 3.8) is 0 Å². The summed E-state index contributed by atoms with van der Waals surface area (Å²) in [5.74, 6) is 0.337. The molecule has 4 heterocycles. The predicted molar refractivity (Wildman–Crippen MR) is 87.0 cm³/mol. The summed E-state index contributed by atoms with van der Waals surface area (Å²) in [5.41, 5.74) is 5.41. The maximum atomic E-state index is 12.2. The number of hydrogen-bond acceptors (Lipinski definition) is 9. The third-order valence-corrected chi connectivity index (χ3v) is 4.71. The molecule has 11 nitrogen and oxygen atoms in total. The summed E-state index contributed by atoms with van der Waals surface area (Å²) >= 11 is 0. The number of aliphatic hydroxyl groups is 3. The smallest absolute Gasteiger partial charge is 0.280 e. The Kier molecular flexibility index (Phi) is 3.87. The number of hydrogen-bond donors (Lipinski definition) is 5. The van der Waals surface area contributed by atoms with E-state index in [1.54, 1.807) is 0 Å². The van der Waals surface area contributed by atoms with E-state index in [-0.39, 0.29) is 17.1 Å². The maximum Gasteiger partial charge on any atom is 0.280 e. The van der Waals surface area contributed by atoms with Crippen LogP contribution in [0.15, 0.2) is 4.79 Å². The van der Waals surface area contributed by atoms with Crippen LogP contribution in [-0.4, -0.2) is 72.8 Å². The molecule has 2 fully saturated rings. The molecule has 0 aromatic carbocycles. The van der Waals surface area contributed by atoms with Gasteiger partial charge in [0.05, 0.1) is 6.61 Å². The van der Waals surface area contributed by atoms with Gasteiger partial charge in [-0.25, -0.2) is 4.98 Å². The van der Waals surface area contributed by atoms with Crippen LogP contribution in [0.3, 0.4) is 0 Å². The lowest BCUT2D eigenvalue weighted by molar-refractivity contribution is -0.0504. The molecule has 0 unspecified atom stereocenters. The Labute approximate surface area is 141 Å².